The van der Waals surface area contributed by atoms with E-state index in [0.29, 0.717) is 17.8 Å². The van der Waals surface area contributed by atoms with Crippen LogP contribution in [0.3, 0.4) is 0 Å². The van der Waals surface area contributed by atoms with Crippen molar-refractivity contribution in [2.24, 2.45) is 0 Å². The number of nitrogens with zero attached hydrogens (tertiary/aromatic N) is 2. The molecular weight excluding hydrogens is 233 g/mol. The quantitative estimate of drug-likeness (QED) is 0.840. The highest BCUT2D eigenvalue weighted by molar-refractivity contribution is 5.47. The predicted octanol–water partition coefficient (Wildman–Crippen LogP) is 1.83. The summed E-state index contributed by atoms with van der Waals surface area (Å²) in [4.78, 5) is 11.9. The van der Waals surface area contributed by atoms with Crippen molar-refractivity contribution in [2.75, 3.05) is 5.73 Å². The van der Waals surface area contributed by atoms with Crippen molar-refractivity contribution in [1.82, 2.24) is 9.13 Å². The van der Waals surface area contributed by atoms with Gasteiger partial charge in [-0.25, -0.2) is 9.18 Å². The second kappa shape index (κ2) is 5.08. The average Bonchev–Trinajstić information content (AvgIpc) is 2.67. The van der Waals surface area contributed by atoms with Crippen LogP contribution in [0.25, 0.3) is 0 Å². The molecule has 2 N–H and O–H groups in total. The maximum atomic E-state index is 13.6. The second-order valence-electron chi connectivity index (χ2n) is 4.21. The molecule has 0 aliphatic carbocycles. The summed E-state index contributed by atoms with van der Waals surface area (Å²) in [5.41, 5.74) is 6.30. The van der Waals surface area contributed by atoms with Crippen molar-refractivity contribution in [2.45, 2.75) is 26.4 Å². The summed E-state index contributed by atoms with van der Waals surface area (Å²) in [5, 5.41) is 0. The number of nitrogens with two attached hydrogens (primary N) is 1. The van der Waals surface area contributed by atoms with Gasteiger partial charge in [0.05, 0.1) is 6.54 Å². The Morgan fingerprint density at radius 3 is 2.67 bits per heavy atom. The third-order valence-corrected chi connectivity index (χ3v) is 2.87. The lowest BCUT2D eigenvalue weighted by Crippen LogP contribution is -2.25. The van der Waals surface area contributed by atoms with Gasteiger partial charge in [0.2, 0.25) is 0 Å². The van der Waals surface area contributed by atoms with E-state index in [1.807, 2.05) is 6.92 Å². The van der Waals surface area contributed by atoms with E-state index in [2.05, 4.69) is 0 Å². The Hall–Kier alpha value is -2.04. The van der Waals surface area contributed by atoms with Gasteiger partial charge >= 0.3 is 5.69 Å². The number of hydrogen-bond acceptors (Lipinski definition) is 2. The van der Waals surface area contributed by atoms with Crippen molar-refractivity contribution >= 4 is 5.69 Å². The van der Waals surface area contributed by atoms with Gasteiger partial charge in [-0.1, -0.05) is 13.0 Å². The Labute approximate surface area is 104 Å². The number of anilines is 1. The van der Waals surface area contributed by atoms with Crippen molar-refractivity contribution in [3.05, 3.63) is 52.5 Å². The van der Waals surface area contributed by atoms with E-state index in [1.165, 1.54) is 10.6 Å². The van der Waals surface area contributed by atoms with Crippen molar-refractivity contribution < 1.29 is 4.39 Å². The molecule has 5 heteroatoms. The highest BCUT2D eigenvalue weighted by atomic mass is 19.1. The number of aromatic nitrogens is 2. The molecule has 0 fully saturated rings. The molecule has 0 spiro atoms. The molecule has 0 saturated carbocycles. The molecule has 0 amide bonds. The minimum atomic E-state index is -0.384. The average molecular weight is 249 g/mol. The van der Waals surface area contributed by atoms with Crippen LogP contribution in [0, 0.1) is 5.82 Å². The maximum Gasteiger partial charge on any atom is 0.328 e. The summed E-state index contributed by atoms with van der Waals surface area (Å²) in [7, 11) is 0. The van der Waals surface area contributed by atoms with E-state index >= 15 is 0 Å². The summed E-state index contributed by atoms with van der Waals surface area (Å²) in [6.45, 7) is 2.82. The molecule has 2 aromatic rings. The van der Waals surface area contributed by atoms with Crippen LogP contribution >= 0.6 is 0 Å². The van der Waals surface area contributed by atoms with Gasteiger partial charge in [0.1, 0.15) is 5.82 Å². The molecule has 0 aliphatic heterocycles. The van der Waals surface area contributed by atoms with Crippen LogP contribution in [0.5, 0.6) is 0 Å². The fraction of sp³-hybridized carbons (Fsp3) is 0.308. The van der Waals surface area contributed by atoms with Crippen LogP contribution < -0.4 is 11.4 Å². The van der Waals surface area contributed by atoms with Crippen LogP contribution in [-0.2, 0) is 13.1 Å². The Bertz CT molecular complexity index is 580. The Balaban J connectivity index is 2.32. The summed E-state index contributed by atoms with van der Waals surface area (Å²) in [6.07, 6.45) is 4.25. The molecule has 1 aromatic heterocycles. The SMILES string of the molecule is CCCn1ccn(Cc2c(N)cccc2F)c1=O. The third kappa shape index (κ3) is 2.30. The number of hydrogen-bond donors (Lipinski definition) is 1. The minimum Gasteiger partial charge on any atom is -0.398 e. The number of nitrogen functional groups attached to an aromatic ring is 1. The largest absolute Gasteiger partial charge is 0.398 e. The zero-order chi connectivity index (χ0) is 13.1. The lowest BCUT2D eigenvalue weighted by molar-refractivity contribution is 0.586. The van der Waals surface area contributed by atoms with Gasteiger partial charge in [0.15, 0.2) is 0 Å². The molecule has 0 atom stereocenters. The monoisotopic (exact) mass is 249 g/mol. The van der Waals surface area contributed by atoms with E-state index in [0.717, 1.165) is 6.42 Å². The second-order valence-corrected chi connectivity index (χ2v) is 4.21. The molecule has 18 heavy (non-hydrogen) atoms. The molecule has 4 nitrogen and oxygen atoms in total. The first-order chi connectivity index (χ1) is 8.63. The fourth-order valence-electron chi connectivity index (χ4n) is 1.90. The topological polar surface area (TPSA) is 52.9 Å². The molecule has 0 aliphatic rings. The Kier molecular flexibility index (Phi) is 3.50. The first-order valence-corrected chi connectivity index (χ1v) is 5.92. The van der Waals surface area contributed by atoms with E-state index in [-0.39, 0.29) is 18.1 Å². The maximum absolute atomic E-state index is 13.6. The highest BCUT2D eigenvalue weighted by Gasteiger charge is 2.09. The smallest absolute Gasteiger partial charge is 0.328 e. The number of rotatable bonds is 4. The summed E-state index contributed by atoms with van der Waals surface area (Å²) in [6, 6.07) is 4.53. The van der Waals surface area contributed by atoms with Gasteiger partial charge in [-0.3, -0.25) is 9.13 Å². The molecule has 1 heterocycles. The van der Waals surface area contributed by atoms with Crippen molar-refractivity contribution in [3.8, 4) is 0 Å². The molecule has 1 aromatic carbocycles. The van der Waals surface area contributed by atoms with Gasteiger partial charge < -0.3 is 5.73 Å². The van der Waals surface area contributed by atoms with Crippen molar-refractivity contribution in [3.63, 3.8) is 0 Å². The van der Waals surface area contributed by atoms with Gasteiger partial charge in [-0.05, 0) is 18.6 Å². The molecular formula is C13H16FN3O. The third-order valence-electron chi connectivity index (χ3n) is 2.87. The number of aryl methyl sites for hydroxylation is 1. The first kappa shape index (κ1) is 12.4. The zero-order valence-electron chi connectivity index (χ0n) is 10.3. The van der Waals surface area contributed by atoms with Crippen LogP contribution in [0.1, 0.15) is 18.9 Å². The molecule has 0 radical (unpaired) electrons. The standard InChI is InChI=1S/C13H16FN3O/c1-2-6-16-7-8-17(13(16)18)9-10-11(14)4-3-5-12(10)15/h3-5,7-8H,2,6,9,15H2,1H3. The van der Waals surface area contributed by atoms with E-state index in [9.17, 15) is 9.18 Å². The van der Waals surface area contributed by atoms with Crippen molar-refractivity contribution in [1.29, 1.82) is 0 Å². The lowest BCUT2D eigenvalue weighted by atomic mass is 10.1. The van der Waals surface area contributed by atoms with Gasteiger partial charge in [0.25, 0.3) is 0 Å². The van der Waals surface area contributed by atoms with Gasteiger partial charge in [-0.2, -0.15) is 0 Å². The fourth-order valence-corrected chi connectivity index (χ4v) is 1.90. The predicted molar refractivity (Wildman–Crippen MR) is 68.9 cm³/mol. The molecule has 96 valence electrons. The number of halogens is 1. The van der Waals surface area contributed by atoms with Gasteiger partial charge in [-0.15, -0.1) is 0 Å². The Morgan fingerprint density at radius 2 is 2.00 bits per heavy atom. The van der Waals surface area contributed by atoms with Crippen LogP contribution in [0.2, 0.25) is 0 Å². The minimum absolute atomic E-state index is 0.139. The first-order valence-electron chi connectivity index (χ1n) is 5.92. The van der Waals surface area contributed by atoms with E-state index in [1.54, 1.807) is 29.1 Å². The summed E-state index contributed by atoms with van der Waals surface area (Å²) < 4.78 is 16.7. The number of imidazole rings is 1. The normalized spacial score (nSPS) is 10.8. The molecule has 0 saturated heterocycles. The molecule has 2 rings (SSSR count). The Morgan fingerprint density at radius 1 is 1.28 bits per heavy atom. The lowest BCUT2D eigenvalue weighted by Gasteiger charge is -2.07. The number of benzene rings is 1. The zero-order valence-corrected chi connectivity index (χ0v) is 10.3. The van der Waals surface area contributed by atoms with Crippen LogP contribution in [0.4, 0.5) is 10.1 Å². The van der Waals surface area contributed by atoms with Gasteiger partial charge in [0, 0.05) is 30.2 Å². The molecule has 0 bridgehead atoms. The van der Waals surface area contributed by atoms with E-state index < -0.39 is 0 Å². The van der Waals surface area contributed by atoms with Crippen LogP contribution in [0.15, 0.2) is 35.4 Å². The summed E-state index contributed by atoms with van der Waals surface area (Å²) >= 11 is 0. The van der Waals surface area contributed by atoms with Crippen LogP contribution in [-0.4, -0.2) is 9.13 Å². The van der Waals surface area contributed by atoms with E-state index in [4.69, 9.17) is 5.73 Å². The highest BCUT2D eigenvalue weighted by Crippen LogP contribution is 2.16. The summed E-state index contributed by atoms with van der Waals surface area (Å²) in [5.74, 6) is -0.384. The molecule has 0 unspecified atom stereocenters.